The number of carbonyl (C=O) groups is 1. The Morgan fingerprint density at radius 1 is 0.969 bits per heavy atom. The van der Waals surface area contributed by atoms with Gasteiger partial charge in [0, 0.05) is 24.2 Å². The number of carbonyl (C=O) groups excluding carboxylic acids is 1. The monoisotopic (exact) mass is 425 g/mol. The molecule has 0 saturated carbocycles. The molecule has 0 atom stereocenters. The number of amides is 1. The molecule has 4 aromatic rings. The summed E-state index contributed by atoms with van der Waals surface area (Å²) >= 11 is 0. The third-order valence-corrected chi connectivity index (χ3v) is 4.76. The van der Waals surface area contributed by atoms with Gasteiger partial charge in [0.25, 0.3) is 5.91 Å². The second kappa shape index (κ2) is 9.70. The van der Waals surface area contributed by atoms with Crippen LogP contribution in [0.2, 0.25) is 0 Å². The topological polar surface area (TPSA) is 89.0 Å². The van der Waals surface area contributed by atoms with Gasteiger partial charge in [0.05, 0.1) is 17.1 Å². The molecule has 0 aliphatic carbocycles. The van der Waals surface area contributed by atoms with E-state index >= 15 is 0 Å². The molecule has 2 heterocycles. The molecule has 0 aliphatic rings. The van der Waals surface area contributed by atoms with Gasteiger partial charge in [-0.15, -0.1) is 0 Å². The van der Waals surface area contributed by atoms with Crippen LogP contribution in [0, 0.1) is 13.8 Å². The van der Waals surface area contributed by atoms with Crippen LogP contribution in [0.3, 0.4) is 0 Å². The van der Waals surface area contributed by atoms with Crippen molar-refractivity contribution in [3.8, 4) is 17.0 Å². The molecular weight excluding hydrogens is 402 g/mol. The Kier molecular flexibility index (Phi) is 6.36. The Morgan fingerprint density at radius 3 is 2.66 bits per heavy atom. The highest BCUT2D eigenvalue weighted by Gasteiger charge is 2.11. The molecule has 0 saturated heterocycles. The first-order valence-corrected chi connectivity index (χ1v) is 10.2. The van der Waals surface area contributed by atoms with Gasteiger partial charge in [0.1, 0.15) is 5.75 Å². The number of benzene rings is 2. The van der Waals surface area contributed by atoms with Crippen LogP contribution in [-0.4, -0.2) is 27.5 Å². The lowest BCUT2D eigenvalue weighted by Crippen LogP contribution is -2.21. The van der Waals surface area contributed by atoms with Crippen molar-refractivity contribution in [2.45, 2.75) is 13.8 Å². The van der Waals surface area contributed by atoms with Gasteiger partial charge in [-0.3, -0.25) is 9.78 Å². The van der Waals surface area contributed by atoms with Gasteiger partial charge in [0.2, 0.25) is 5.95 Å². The fourth-order valence-electron chi connectivity index (χ4n) is 3.13. The predicted octanol–water partition coefficient (Wildman–Crippen LogP) is 4.92. The van der Waals surface area contributed by atoms with Crippen LogP contribution in [0.15, 0.2) is 79.3 Å². The third kappa shape index (κ3) is 5.26. The van der Waals surface area contributed by atoms with Gasteiger partial charge < -0.3 is 15.4 Å². The number of anilines is 3. The van der Waals surface area contributed by atoms with Crippen molar-refractivity contribution in [2.24, 2.45) is 0 Å². The summed E-state index contributed by atoms with van der Waals surface area (Å²) in [7, 11) is 0. The average molecular weight is 425 g/mol. The molecule has 0 fully saturated rings. The maximum atomic E-state index is 12.5. The van der Waals surface area contributed by atoms with Gasteiger partial charge >= 0.3 is 0 Å². The predicted molar refractivity (Wildman–Crippen MR) is 125 cm³/mol. The molecular formula is C25H23N5O2. The summed E-state index contributed by atoms with van der Waals surface area (Å²) in [5.41, 5.74) is 4.96. The van der Waals surface area contributed by atoms with Crippen LogP contribution < -0.4 is 15.4 Å². The summed E-state index contributed by atoms with van der Waals surface area (Å²) < 4.78 is 5.65. The van der Waals surface area contributed by atoms with E-state index in [0.717, 1.165) is 22.4 Å². The van der Waals surface area contributed by atoms with E-state index < -0.39 is 0 Å². The molecule has 0 radical (unpaired) electrons. The van der Waals surface area contributed by atoms with Gasteiger partial charge in [0.15, 0.2) is 6.61 Å². The smallest absolute Gasteiger partial charge is 0.262 e. The van der Waals surface area contributed by atoms with Crippen molar-refractivity contribution >= 4 is 23.2 Å². The Balaban J connectivity index is 1.49. The molecule has 2 aromatic heterocycles. The third-order valence-electron chi connectivity index (χ3n) is 4.76. The first-order chi connectivity index (χ1) is 15.6. The molecule has 0 aliphatic heterocycles. The molecule has 160 valence electrons. The van der Waals surface area contributed by atoms with E-state index in [4.69, 9.17) is 4.74 Å². The zero-order chi connectivity index (χ0) is 22.3. The minimum absolute atomic E-state index is 0.0921. The molecule has 0 spiro atoms. The van der Waals surface area contributed by atoms with Gasteiger partial charge in [-0.05, 0) is 61.4 Å². The number of rotatable bonds is 7. The Hall–Kier alpha value is -4.26. The van der Waals surface area contributed by atoms with E-state index in [1.54, 1.807) is 18.6 Å². The number of aromatic nitrogens is 3. The van der Waals surface area contributed by atoms with Crippen molar-refractivity contribution < 1.29 is 9.53 Å². The van der Waals surface area contributed by atoms with Crippen LogP contribution in [0.4, 0.5) is 17.3 Å². The van der Waals surface area contributed by atoms with E-state index in [-0.39, 0.29) is 12.5 Å². The van der Waals surface area contributed by atoms with Gasteiger partial charge in [-0.25, -0.2) is 9.97 Å². The number of pyridine rings is 1. The molecule has 2 aromatic carbocycles. The number of hydrogen-bond donors (Lipinski definition) is 2. The summed E-state index contributed by atoms with van der Waals surface area (Å²) in [6.45, 7) is 3.82. The number of ether oxygens (including phenoxy) is 1. The summed E-state index contributed by atoms with van der Waals surface area (Å²) in [6, 6.07) is 18.9. The first kappa shape index (κ1) is 21.0. The molecule has 1 amide bonds. The molecule has 4 rings (SSSR count). The number of nitrogens with one attached hydrogen (secondary N) is 2. The van der Waals surface area contributed by atoms with E-state index in [0.29, 0.717) is 23.1 Å². The summed E-state index contributed by atoms with van der Waals surface area (Å²) in [6.07, 6.45) is 5.15. The normalized spacial score (nSPS) is 10.4. The van der Waals surface area contributed by atoms with Crippen LogP contribution in [0.25, 0.3) is 11.3 Å². The number of nitrogens with zero attached hydrogens (tertiary/aromatic N) is 3. The Labute approximate surface area is 186 Å². The van der Waals surface area contributed by atoms with Crippen LogP contribution >= 0.6 is 0 Å². The summed E-state index contributed by atoms with van der Waals surface area (Å²) in [5.74, 6) is 0.847. The zero-order valence-corrected chi connectivity index (χ0v) is 17.9. The van der Waals surface area contributed by atoms with Crippen LogP contribution in [-0.2, 0) is 4.79 Å². The minimum atomic E-state index is -0.259. The van der Waals surface area contributed by atoms with Crippen molar-refractivity contribution in [1.82, 2.24) is 15.0 Å². The maximum absolute atomic E-state index is 12.5. The fraction of sp³-hybridized carbons (Fsp3) is 0.120. The van der Waals surface area contributed by atoms with Crippen molar-refractivity contribution in [2.75, 3.05) is 17.2 Å². The van der Waals surface area contributed by atoms with E-state index in [2.05, 4.69) is 25.6 Å². The lowest BCUT2D eigenvalue weighted by Gasteiger charge is -2.14. The number of aryl methyl sites for hydroxylation is 2. The molecule has 7 nitrogen and oxygen atoms in total. The van der Waals surface area contributed by atoms with Crippen molar-refractivity contribution in [1.29, 1.82) is 0 Å². The van der Waals surface area contributed by atoms with Gasteiger partial charge in [-0.1, -0.05) is 24.3 Å². The number of hydrogen-bond acceptors (Lipinski definition) is 6. The lowest BCUT2D eigenvalue weighted by atomic mass is 10.2. The molecule has 7 heteroatoms. The Bertz CT molecular complexity index is 1230. The van der Waals surface area contributed by atoms with Crippen LogP contribution in [0.5, 0.6) is 5.75 Å². The quantitative estimate of drug-likeness (QED) is 0.437. The fourth-order valence-corrected chi connectivity index (χ4v) is 3.13. The first-order valence-electron chi connectivity index (χ1n) is 10.2. The van der Waals surface area contributed by atoms with Crippen molar-refractivity contribution in [3.05, 3.63) is 90.4 Å². The van der Waals surface area contributed by atoms with E-state index in [1.165, 1.54) is 0 Å². The highest BCUT2D eigenvalue weighted by Crippen LogP contribution is 2.26. The maximum Gasteiger partial charge on any atom is 0.262 e. The highest BCUT2D eigenvalue weighted by atomic mass is 16.5. The standard InChI is InChI=1S/C25H23N5O2/c1-17-9-10-21(28-24(31)16-32-23-8-4-3-6-18(23)2)22(14-17)30-25-27-13-11-20(29-25)19-7-5-12-26-15-19/h3-15H,16H2,1-2H3,(H,28,31)(H,27,29,30). The van der Waals surface area contributed by atoms with Crippen LogP contribution in [0.1, 0.15) is 11.1 Å². The largest absolute Gasteiger partial charge is 0.483 e. The van der Waals surface area contributed by atoms with Gasteiger partial charge in [-0.2, -0.15) is 0 Å². The molecule has 0 bridgehead atoms. The van der Waals surface area contributed by atoms with Crippen molar-refractivity contribution in [3.63, 3.8) is 0 Å². The zero-order valence-electron chi connectivity index (χ0n) is 17.9. The second-order valence-electron chi connectivity index (χ2n) is 7.28. The van der Waals surface area contributed by atoms with E-state index in [1.807, 2.05) is 74.5 Å². The summed E-state index contributed by atoms with van der Waals surface area (Å²) in [4.78, 5) is 25.6. The van der Waals surface area contributed by atoms with E-state index in [9.17, 15) is 4.79 Å². The second-order valence-corrected chi connectivity index (χ2v) is 7.28. The average Bonchev–Trinajstić information content (AvgIpc) is 2.81. The summed E-state index contributed by atoms with van der Waals surface area (Å²) in [5, 5.41) is 6.12. The number of para-hydroxylation sites is 1. The molecule has 32 heavy (non-hydrogen) atoms. The lowest BCUT2D eigenvalue weighted by molar-refractivity contribution is -0.118. The minimum Gasteiger partial charge on any atom is -0.483 e. The molecule has 2 N–H and O–H groups in total. The SMILES string of the molecule is Cc1ccc(NC(=O)COc2ccccc2C)c(Nc2nccc(-c3cccnc3)n2)c1. The molecule has 0 unspecified atom stereocenters. The Morgan fingerprint density at radius 2 is 1.84 bits per heavy atom. The highest BCUT2D eigenvalue weighted by molar-refractivity contribution is 5.95.